The van der Waals surface area contributed by atoms with Crippen molar-refractivity contribution in [2.45, 2.75) is 38.1 Å². The molecule has 1 aliphatic rings. The first-order valence-electron chi connectivity index (χ1n) is 6.07. The van der Waals surface area contributed by atoms with Crippen LogP contribution in [0.2, 0.25) is 0 Å². The molecule has 0 aromatic carbocycles. The summed E-state index contributed by atoms with van der Waals surface area (Å²) in [5.41, 5.74) is 4.94. The van der Waals surface area contributed by atoms with E-state index in [9.17, 15) is 14.4 Å². The van der Waals surface area contributed by atoms with E-state index in [4.69, 9.17) is 10.8 Å². The van der Waals surface area contributed by atoms with Gasteiger partial charge in [-0.05, 0) is 12.8 Å². The van der Waals surface area contributed by atoms with E-state index in [2.05, 4.69) is 5.32 Å². The topological polar surface area (TPSA) is 113 Å². The van der Waals surface area contributed by atoms with E-state index in [1.54, 1.807) is 4.90 Å². The van der Waals surface area contributed by atoms with Gasteiger partial charge in [0.15, 0.2) is 0 Å². The first-order valence-corrected chi connectivity index (χ1v) is 6.07. The molecule has 4 N–H and O–H groups in total. The van der Waals surface area contributed by atoms with Gasteiger partial charge in [-0.25, -0.2) is 9.59 Å². The Hall–Kier alpha value is -1.79. The number of likely N-dealkylation sites (tertiary alicyclic amines) is 1. The van der Waals surface area contributed by atoms with Crippen LogP contribution in [0.3, 0.4) is 0 Å². The largest absolute Gasteiger partial charge is 0.480 e. The number of urea groups is 1. The van der Waals surface area contributed by atoms with Crippen LogP contribution < -0.4 is 11.1 Å². The summed E-state index contributed by atoms with van der Waals surface area (Å²) in [7, 11) is 0. The number of carbonyl (C=O) groups excluding carboxylic acids is 2. The maximum absolute atomic E-state index is 11.8. The summed E-state index contributed by atoms with van der Waals surface area (Å²) in [6.07, 6.45) is 3.59. The number of carboxylic acids is 1. The first-order chi connectivity index (χ1) is 8.50. The van der Waals surface area contributed by atoms with Crippen LogP contribution in [0.5, 0.6) is 0 Å². The lowest BCUT2D eigenvalue weighted by Crippen LogP contribution is -2.49. The summed E-state index contributed by atoms with van der Waals surface area (Å²) in [6.45, 7) is 1.24. The number of hydrogen-bond acceptors (Lipinski definition) is 3. The van der Waals surface area contributed by atoms with E-state index in [1.165, 1.54) is 0 Å². The number of carbonyl (C=O) groups is 3. The average Bonchev–Trinajstić information content (AvgIpc) is 2.55. The third-order valence-electron chi connectivity index (χ3n) is 2.89. The fraction of sp³-hybridized carbons (Fsp3) is 0.727. The minimum atomic E-state index is -1.25. The Kier molecular flexibility index (Phi) is 5.41. The molecule has 102 valence electrons. The second-order valence-corrected chi connectivity index (χ2v) is 4.41. The van der Waals surface area contributed by atoms with E-state index in [0.29, 0.717) is 13.1 Å². The quantitative estimate of drug-likeness (QED) is 0.652. The van der Waals surface area contributed by atoms with E-state index in [1.807, 2.05) is 0 Å². The van der Waals surface area contributed by atoms with Gasteiger partial charge in [0.05, 0.1) is 6.42 Å². The molecule has 18 heavy (non-hydrogen) atoms. The predicted octanol–water partition coefficient (Wildman–Crippen LogP) is -0.0994. The summed E-state index contributed by atoms with van der Waals surface area (Å²) in [5, 5.41) is 11.2. The van der Waals surface area contributed by atoms with Gasteiger partial charge in [-0.3, -0.25) is 4.79 Å². The number of nitrogens with two attached hydrogens (primary N) is 1. The minimum Gasteiger partial charge on any atom is -0.480 e. The number of primary amides is 1. The van der Waals surface area contributed by atoms with Crippen LogP contribution in [0, 0.1) is 0 Å². The lowest BCUT2D eigenvalue weighted by Gasteiger charge is -2.23. The molecule has 1 heterocycles. The van der Waals surface area contributed by atoms with Gasteiger partial charge in [-0.1, -0.05) is 12.8 Å². The zero-order valence-electron chi connectivity index (χ0n) is 10.2. The summed E-state index contributed by atoms with van der Waals surface area (Å²) in [4.78, 5) is 35.0. The van der Waals surface area contributed by atoms with Crippen LogP contribution in [-0.2, 0) is 9.59 Å². The molecule has 0 radical (unpaired) electrons. The normalized spacial score (nSPS) is 17.7. The lowest BCUT2D eigenvalue weighted by molar-refractivity contribution is -0.140. The van der Waals surface area contributed by atoms with Crippen molar-refractivity contribution in [1.82, 2.24) is 10.2 Å². The number of nitrogens with zero attached hydrogens (tertiary/aromatic N) is 1. The van der Waals surface area contributed by atoms with Gasteiger partial charge in [-0.15, -0.1) is 0 Å². The van der Waals surface area contributed by atoms with Gasteiger partial charge >= 0.3 is 12.0 Å². The molecule has 0 aromatic heterocycles. The van der Waals surface area contributed by atoms with Crippen molar-refractivity contribution in [2.24, 2.45) is 5.73 Å². The van der Waals surface area contributed by atoms with Crippen LogP contribution in [0.1, 0.15) is 32.1 Å². The Bertz CT molecular complexity index is 324. The van der Waals surface area contributed by atoms with Gasteiger partial charge in [-0.2, -0.15) is 0 Å². The van der Waals surface area contributed by atoms with Crippen molar-refractivity contribution in [3.8, 4) is 0 Å². The third kappa shape index (κ3) is 4.60. The zero-order chi connectivity index (χ0) is 13.5. The number of aliphatic carboxylic acids is 1. The van der Waals surface area contributed by atoms with Crippen molar-refractivity contribution in [3.05, 3.63) is 0 Å². The molecule has 0 aromatic rings. The highest BCUT2D eigenvalue weighted by Gasteiger charge is 2.25. The Morgan fingerprint density at radius 2 is 1.72 bits per heavy atom. The van der Waals surface area contributed by atoms with Gasteiger partial charge < -0.3 is 21.1 Å². The van der Waals surface area contributed by atoms with Crippen LogP contribution in [0.25, 0.3) is 0 Å². The Morgan fingerprint density at radius 3 is 2.17 bits per heavy atom. The number of carboxylic acid groups (broad SMARTS) is 1. The number of hydrogen-bond donors (Lipinski definition) is 3. The molecule has 0 saturated carbocycles. The highest BCUT2D eigenvalue weighted by atomic mass is 16.4. The molecule has 0 bridgehead atoms. The Morgan fingerprint density at radius 1 is 1.17 bits per heavy atom. The molecule has 0 spiro atoms. The molecule has 0 aliphatic carbocycles. The van der Waals surface area contributed by atoms with Crippen molar-refractivity contribution in [3.63, 3.8) is 0 Å². The molecule has 7 heteroatoms. The summed E-state index contributed by atoms with van der Waals surface area (Å²) in [6, 6.07) is -1.69. The van der Waals surface area contributed by atoms with Crippen molar-refractivity contribution < 1.29 is 19.5 Å². The zero-order valence-corrected chi connectivity index (χ0v) is 10.2. The molecular formula is C11H19N3O4. The highest BCUT2D eigenvalue weighted by Crippen LogP contribution is 2.09. The van der Waals surface area contributed by atoms with Crippen LogP contribution in [-0.4, -0.2) is 47.0 Å². The molecule has 3 amide bonds. The maximum atomic E-state index is 11.8. The summed E-state index contributed by atoms with van der Waals surface area (Å²) < 4.78 is 0. The summed E-state index contributed by atoms with van der Waals surface area (Å²) >= 11 is 0. The van der Waals surface area contributed by atoms with Crippen molar-refractivity contribution in [1.29, 1.82) is 0 Å². The Balaban J connectivity index is 2.53. The van der Waals surface area contributed by atoms with Crippen molar-refractivity contribution in [2.75, 3.05) is 13.1 Å². The smallest absolute Gasteiger partial charge is 0.326 e. The lowest BCUT2D eigenvalue weighted by atomic mass is 10.2. The van der Waals surface area contributed by atoms with Gasteiger partial charge in [0.1, 0.15) is 6.04 Å². The van der Waals surface area contributed by atoms with Crippen LogP contribution in [0.15, 0.2) is 0 Å². The maximum Gasteiger partial charge on any atom is 0.326 e. The molecule has 1 saturated heterocycles. The average molecular weight is 257 g/mol. The second-order valence-electron chi connectivity index (χ2n) is 4.41. The van der Waals surface area contributed by atoms with Gasteiger partial charge in [0, 0.05) is 13.1 Å². The molecular weight excluding hydrogens is 238 g/mol. The standard InChI is InChI=1S/C11H19N3O4/c12-9(15)7-8(10(16)17)13-11(18)14-5-3-1-2-4-6-14/h8H,1-7H2,(H2,12,15)(H,13,18)(H,16,17). The Labute approximate surface area is 105 Å². The molecule has 1 rings (SSSR count). The highest BCUT2D eigenvalue weighted by molar-refractivity contribution is 5.87. The van der Waals surface area contributed by atoms with Gasteiger partial charge in [0.25, 0.3) is 0 Å². The van der Waals surface area contributed by atoms with Gasteiger partial charge in [0.2, 0.25) is 5.91 Å². The first kappa shape index (κ1) is 14.3. The van der Waals surface area contributed by atoms with E-state index >= 15 is 0 Å². The summed E-state index contributed by atoms with van der Waals surface area (Å²) in [5.74, 6) is -2.00. The molecule has 1 fully saturated rings. The van der Waals surface area contributed by atoms with Crippen LogP contribution in [0.4, 0.5) is 4.79 Å². The number of rotatable bonds is 4. The fourth-order valence-corrected chi connectivity index (χ4v) is 1.92. The van der Waals surface area contributed by atoms with E-state index < -0.39 is 30.4 Å². The molecule has 7 nitrogen and oxygen atoms in total. The van der Waals surface area contributed by atoms with E-state index in [0.717, 1.165) is 25.7 Å². The monoisotopic (exact) mass is 257 g/mol. The molecule has 1 aliphatic heterocycles. The minimum absolute atomic E-state index is 0.394. The third-order valence-corrected chi connectivity index (χ3v) is 2.89. The predicted molar refractivity (Wildman–Crippen MR) is 63.8 cm³/mol. The fourth-order valence-electron chi connectivity index (χ4n) is 1.92. The van der Waals surface area contributed by atoms with E-state index in [-0.39, 0.29) is 0 Å². The van der Waals surface area contributed by atoms with Crippen molar-refractivity contribution >= 4 is 17.9 Å². The number of amides is 3. The molecule has 1 atom stereocenters. The van der Waals surface area contributed by atoms with Crippen LogP contribution >= 0.6 is 0 Å². The molecule has 1 unspecified atom stereocenters. The SMILES string of the molecule is NC(=O)CC(NC(=O)N1CCCCCC1)C(=O)O. The second kappa shape index (κ2) is 6.83. The number of nitrogens with one attached hydrogen (secondary N) is 1.